The Morgan fingerprint density at radius 3 is 2.65 bits per heavy atom. The van der Waals surface area contributed by atoms with E-state index in [1.165, 1.54) is 12.5 Å². The topological polar surface area (TPSA) is 67.2 Å². The van der Waals surface area contributed by atoms with Gasteiger partial charge in [0.25, 0.3) is 5.91 Å². The van der Waals surface area contributed by atoms with Gasteiger partial charge >= 0.3 is 0 Å². The van der Waals surface area contributed by atoms with Crippen LogP contribution in [0.25, 0.3) is 0 Å². The Kier molecular flexibility index (Phi) is 4.50. The summed E-state index contributed by atoms with van der Waals surface area (Å²) >= 11 is 12.0. The predicted octanol–water partition coefficient (Wildman–Crippen LogP) is 4.98. The van der Waals surface area contributed by atoms with Crippen molar-refractivity contribution in [1.29, 1.82) is 0 Å². The minimum Gasteiger partial charge on any atom is -0.459 e. The lowest BCUT2D eigenvalue weighted by atomic mass is 10.3. The van der Waals surface area contributed by atoms with Gasteiger partial charge in [-0.05, 0) is 42.5 Å². The molecule has 0 aliphatic rings. The lowest BCUT2D eigenvalue weighted by Gasteiger charge is -2.09. The molecule has 0 spiro atoms. The first-order valence-electron chi connectivity index (χ1n) is 6.65. The summed E-state index contributed by atoms with van der Waals surface area (Å²) in [5.74, 6) is 0.489. The van der Waals surface area contributed by atoms with Crippen LogP contribution < -0.4 is 10.6 Å². The number of anilines is 3. The molecule has 1 amide bonds. The average molecular weight is 348 g/mol. The molecule has 0 unspecified atom stereocenters. The fourth-order valence-corrected chi connectivity index (χ4v) is 2.33. The molecule has 116 valence electrons. The molecule has 0 bridgehead atoms. The summed E-state index contributed by atoms with van der Waals surface area (Å²) in [4.78, 5) is 16.1. The molecule has 3 rings (SSSR count). The smallest absolute Gasteiger partial charge is 0.291 e. The van der Waals surface area contributed by atoms with Gasteiger partial charge < -0.3 is 15.1 Å². The molecule has 0 aliphatic heterocycles. The highest BCUT2D eigenvalue weighted by Gasteiger charge is 2.09. The maximum atomic E-state index is 11.8. The van der Waals surface area contributed by atoms with Crippen molar-refractivity contribution in [1.82, 2.24) is 4.98 Å². The van der Waals surface area contributed by atoms with Crippen molar-refractivity contribution in [2.24, 2.45) is 0 Å². The van der Waals surface area contributed by atoms with Gasteiger partial charge in [-0.2, -0.15) is 0 Å². The highest BCUT2D eigenvalue weighted by atomic mass is 35.5. The summed E-state index contributed by atoms with van der Waals surface area (Å²) < 4.78 is 5.02. The number of halogens is 2. The molecule has 23 heavy (non-hydrogen) atoms. The van der Waals surface area contributed by atoms with Gasteiger partial charge in [-0.1, -0.05) is 23.2 Å². The number of rotatable bonds is 4. The molecule has 1 aromatic carbocycles. The number of hydrogen-bond donors (Lipinski definition) is 2. The van der Waals surface area contributed by atoms with E-state index < -0.39 is 0 Å². The number of hydrogen-bond acceptors (Lipinski definition) is 4. The monoisotopic (exact) mass is 347 g/mol. The molecule has 0 saturated carbocycles. The van der Waals surface area contributed by atoms with Gasteiger partial charge in [0.1, 0.15) is 5.82 Å². The number of carbonyl (C=O) groups is 1. The van der Waals surface area contributed by atoms with E-state index in [0.29, 0.717) is 27.2 Å². The van der Waals surface area contributed by atoms with Crippen molar-refractivity contribution < 1.29 is 9.21 Å². The van der Waals surface area contributed by atoms with Gasteiger partial charge in [-0.25, -0.2) is 4.98 Å². The molecule has 5 nitrogen and oxygen atoms in total. The molecule has 0 atom stereocenters. The van der Waals surface area contributed by atoms with Crippen LogP contribution in [0.15, 0.2) is 59.3 Å². The minimum atomic E-state index is -0.335. The first-order valence-corrected chi connectivity index (χ1v) is 7.40. The Bertz CT molecular complexity index is 818. The predicted molar refractivity (Wildman–Crippen MR) is 90.6 cm³/mol. The van der Waals surface area contributed by atoms with E-state index >= 15 is 0 Å². The molecule has 2 heterocycles. The first-order chi connectivity index (χ1) is 11.1. The second-order valence-electron chi connectivity index (χ2n) is 4.61. The van der Waals surface area contributed by atoms with Crippen molar-refractivity contribution in [2.45, 2.75) is 0 Å². The largest absolute Gasteiger partial charge is 0.459 e. The van der Waals surface area contributed by atoms with Gasteiger partial charge in [-0.3, -0.25) is 4.79 Å². The molecule has 3 aromatic rings. The molecule has 2 N–H and O–H groups in total. The van der Waals surface area contributed by atoms with E-state index in [2.05, 4.69) is 15.6 Å². The second-order valence-corrected chi connectivity index (χ2v) is 5.46. The lowest BCUT2D eigenvalue weighted by molar-refractivity contribution is 0.0996. The zero-order valence-electron chi connectivity index (χ0n) is 11.7. The number of benzene rings is 1. The highest BCUT2D eigenvalue weighted by molar-refractivity contribution is 6.36. The Hall–Kier alpha value is -2.50. The van der Waals surface area contributed by atoms with E-state index in [9.17, 15) is 4.79 Å². The number of nitrogens with one attached hydrogen (secondary N) is 2. The quantitative estimate of drug-likeness (QED) is 0.698. The number of amides is 1. The zero-order chi connectivity index (χ0) is 16.2. The molecular formula is C16H11Cl2N3O2. The molecule has 7 heteroatoms. The SMILES string of the molecule is O=C(Nc1ccc(Nc2ccc(Cl)cc2Cl)nc1)c1ccco1. The van der Waals surface area contributed by atoms with Crippen LogP contribution in [-0.2, 0) is 0 Å². The Balaban J connectivity index is 1.68. The Labute approximate surface area is 142 Å². The second kappa shape index (κ2) is 6.73. The van der Waals surface area contributed by atoms with E-state index in [1.54, 1.807) is 42.5 Å². The number of nitrogens with zero attached hydrogens (tertiary/aromatic N) is 1. The summed E-state index contributed by atoms with van der Waals surface area (Å²) in [7, 11) is 0. The fourth-order valence-electron chi connectivity index (χ4n) is 1.87. The van der Waals surface area contributed by atoms with Crippen molar-refractivity contribution in [3.8, 4) is 0 Å². The van der Waals surface area contributed by atoms with Gasteiger partial charge in [-0.15, -0.1) is 0 Å². The summed E-state index contributed by atoms with van der Waals surface area (Å²) in [5.41, 5.74) is 1.25. The number of pyridine rings is 1. The van der Waals surface area contributed by atoms with Gasteiger partial charge in [0.2, 0.25) is 0 Å². The Morgan fingerprint density at radius 2 is 2.00 bits per heavy atom. The number of carbonyl (C=O) groups excluding carboxylic acids is 1. The molecule has 2 aromatic heterocycles. The normalized spacial score (nSPS) is 10.3. The number of furan rings is 1. The summed E-state index contributed by atoms with van der Waals surface area (Å²) in [5, 5.41) is 6.82. The molecule has 0 aliphatic carbocycles. The minimum absolute atomic E-state index is 0.236. The van der Waals surface area contributed by atoms with Crippen molar-refractivity contribution in [3.63, 3.8) is 0 Å². The van der Waals surface area contributed by atoms with Crippen LogP contribution in [0.1, 0.15) is 10.6 Å². The van der Waals surface area contributed by atoms with Crippen LogP contribution in [0.2, 0.25) is 10.0 Å². The van der Waals surface area contributed by atoms with E-state index in [0.717, 1.165) is 0 Å². The standard InChI is InChI=1S/C16H11Cl2N3O2/c17-10-3-5-13(12(18)8-10)21-15-6-4-11(9-19-15)20-16(22)14-2-1-7-23-14/h1-9H,(H,19,21)(H,20,22). The van der Waals surface area contributed by atoms with Gasteiger partial charge in [0, 0.05) is 5.02 Å². The van der Waals surface area contributed by atoms with Crippen molar-refractivity contribution in [3.05, 3.63) is 70.7 Å². The Morgan fingerprint density at radius 1 is 1.13 bits per heavy atom. The summed E-state index contributed by atoms with van der Waals surface area (Å²) in [6.45, 7) is 0. The zero-order valence-corrected chi connectivity index (χ0v) is 13.2. The molecule has 0 saturated heterocycles. The maximum absolute atomic E-state index is 11.8. The molecule has 0 radical (unpaired) electrons. The van der Waals surface area contributed by atoms with Crippen LogP contribution in [0.3, 0.4) is 0 Å². The molecular weight excluding hydrogens is 337 g/mol. The van der Waals surface area contributed by atoms with Gasteiger partial charge in [0.05, 0.1) is 28.9 Å². The van der Waals surface area contributed by atoms with Crippen LogP contribution in [-0.4, -0.2) is 10.9 Å². The van der Waals surface area contributed by atoms with Crippen molar-refractivity contribution >= 4 is 46.3 Å². The molecule has 0 fully saturated rings. The van der Waals surface area contributed by atoms with E-state index in [-0.39, 0.29) is 11.7 Å². The summed E-state index contributed by atoms with van der Waals surface area (Å²) in [6.07, 6.45) is 2.98. The van der Waals surface area contributed by atoms with Crippen LogP contribution in [0.5, 0.6) is 0 Å². The lowest BCUT2D eigenvalue weighted by Crippen LogP contribution is -2.11. The average Bonchev–Trinajstić information content (AvgIpc) is 3.06. The van der Waals surface area contributed by atoms with E-state index in [4.69, 9.17) is 27.6 Å². The third-order valence-corrected chi connectivity index (χ3v) is 3.51. The fraction of sp³-hybridized carbons (Fsp3) is 0. The third kappa shape index (κ3) is 3.83. The third-order valence-electron chi connectivity index (χ3n) is 2.96. The van der Waals surface area contributed by atoms with Crippen LogP contribution in [0.4, 0.5) is 17.2 Å². The van der Waals surface area contributed by atoms with Crippen LogP contribution >= 0.6 is 23.2 Å². The van der Waals surface area contributed by atoms with Gasteiger partial charge in [0.15, 0.2) is 5.76 Å². The first kappa shape index (κ1) is 15.4. The van der Waals surface area contributed by atoms with Crippen LogP contribution in [0, 0.1) is 0 Å². The number of aromatic nitrogens is 1. The van der Waals surface area contributed by atoms with Crippen molar-refractivity contribution in [2.75, 3.05) is 10.6 Å². The van der Waals surface area contributed by atoms with E-state index in [1.807, 2.05) is 0 Å². The maximum Gasteiger partial charge on any atom is 0.291 e. The highest BCUT2D eigenvalue weighted by Crippen LogP contribution is 2.27. The summed E-state index contributed by atoms with van der Waals surface area (Å²) in [6, 6.07) is 11.8.